The van der Waals surface area contributed by atoms with Gasteiger partial charge >= 0.3 is 12.1 Å². The van der Waals surface area contributed by atoms with Crippen LogP contribution < -0.4 is 10.6 Å². The molecule has 1 aliphatic carbocycles. The maximum atomic E-state index is 13.1. The number of carbonyl (C=O) groups is 3. The summed E-state index contributed by atoms with van der Waals surface area (Å²) in [5.41, 5.74) is 2.36. The molecule has 2 amide bonds. The molecule has 1 unspecified atom stereocenters. The summed E-state index contributed by atoms with van der Waals surface area (Å²) in [6, 6.07) is 15.1. The van der Waals surface area contributed by atoms with Crippen molar-refractivity contribution < 1.29 is 24.2 Å². The van der Waals surface area contributed by atoms with E-state index in [1.807, 2.05) is 43.3 Å². The molecule has 7 nitrogen and oxygen atoms in total. The molecule has 3 rings (SSSR count). The van der Waals surface area contributed by atoms with E-state index in [2.05, 4.69) is 22.8 Å². The molecule has 0 bridgehead atoms. The molecule has 0 heterocycles. The van der Waals surface area contributed by atoms with E-state index in [1.165, 1.54) is 6.92 Å². The Morgan fingerprint density at radius 1 is 0.971 bits per heavy atom. The second-order valence-electron chi connectivity index (χ2n) is 10.1. The van der Waals surface area contributed by atoms with Gasteiger partial charge < -0.3 is 20.5 Å². The molecule has 2 atom stereocenters. The molecule has 2 aromatic rings. The first kappa shape index (κ1) is 25.3. The van der Waals surface area contributed by atoms with Crippen LogP contribution in [0.5, 0.6) is 0 Å². The lowest BCUT2D eigenvalue weighted by atomic mass is 9.85. The molecule has 0 spiro atoms. The summed E-state index contributed by atoms with van der Waals surface area (Å²) in [6.45, 7) is 8.87. The van der Waals surface area contributed by atoms with Crippen LogP contribution in [-0.2, 0) is 14.3 Å². The van der Waals surface area contributed by atoms with Crippen molar-refractivity contribution in [2.45, 2.75) is 65.0 Å². The fraction of sp³-hybridized carbons (Fsp3) is 0.444. The number of aliphatic carboxylic acids is 1. The van der Waals surface area contributed by atoms with Crippen LogP contribution in [0.15, 0.2) is 48.5 Å². The molecule has 0 aliphatic heterocycles. The normalized spacial score (nSPS) is 15.4. The fourth-order valence-corrected chi connectivity index (χ4v) is 4.50. The topological polar surface area (TPSA) is 105 Å². The SMILES string of the molecule is CCCC(C)(NC(=O)[C@@H](NC(=O)OCC1c2ccccc2-c2ccccc21)C(C)(C)C)C(=O)O. The van der Waals surface area contributed by atoms with Crippen molar-refractivity contribution in [1.82, 2.24) is 10.6 Å². The predicted molar refractivity (Wildman–Crippen MR) is 131 cm³/mol. The molecular weight excluding hydrogens is 432 g/mol. The van der Waals surface area contributed by atoms with E-state index in [-0.39, 0.29) is 18.9 Å². The molecule has 1 aliphatic rings. The highest BCUT2D eigenvalue weighted by Crippen LogP contribution is 2.44. The Morgan fingerprint density at radius 2 is 1.50 bits per heavy atom. The summed E-state index contributed by atoms with van der Waals surface area (Å²) in [6.07, 6.45) is 0.142. The molecule has 182 valence electrons. The van der Waals surface area contributed by atoms with E-state index in [9.17, 15) is 19.5 Å². The summed E-state index contributed by atoms with van der Waals surface area (Å²) < 4.78 is 5.59. The van der Waals surface area contributed by atoms with Crippen LogP contribution in [0.1, 0.15) is 64.5 Å². The Balaban J connectivity index is 1.72. The Bertz CT molecular complexity index is 1030. The maximum Gasteiger partial charge on any atom is 0.407 e. The van der Waals surface area contributed by atoms with Crippen molar-refractivity contribution in [2.75, 3.05) is 6.61 Å². The number of amides is 2. The highest BCUT2D eigenvalue weighted by atomic mass is 16.5. The zero-order valence-electron chi connectivity index (χ0n) is 20.5. The second-order valence-corrected chi connectivity index (χ2v) is 10.1. The average Bonchev–Trinajstić information content (AvgIpc) is 3.09. The third-order valence-corrected chi connectivity index (χ3v) is 6.36. The lowest BCUT2D eigenvalue weighted by Gasteiger charge is -2.34. The van der Waals surface area contributed by atoms with Crippen molar-refractivity contribution in [3.8, 4) is 11.1 Å². The predicted octanol–water partition coefficient (Wildman–Crippen LogP) is 4.70. The summed E-state index contributed by atoms with van der Waals surface area (Å²) in [5, 5.41) is 14.9. The minimum Gasteiger partial charge on any atom is -0.480 e. The van der Waals surface area contributed by atoms with E-state index in [1.54, 1.807) is 20.8 Å². The van der Waals surface area contributed by atoms with Crippen LogP contribution in [0.25, 0.3) is 11.1 Å². The summed E-state index contributed by atoms with van der Waals surface area (Å²) in [7, 11) is 0. The summed E-state index contributed by atoms with van der Waals surface area (Å²) in [4.78, 5) is 37.6. The summed E-state index contributed by atoms with van der Waals surface area (Å²) in [5.74, 6) is -1.77. The molecule has 0 radical (unpaired) electrons. The zero-order chi connectivity index (χ0) is 25.1. The van der Waals surface area contributed by atoms with Crippen LogP contribution in [0, 0.1) is 5.41 Å². The van der Waals surface area contributed by atoms with Gasteiger partial charge in [-0.3, -0.25) is 4.79 Å². The third-order valence-electron chi connectivity index (χ3n) is 6.36. The van der Waals surface area contributed by atoms with Crippen LogP contribution in [0.2, 0.25) is 0 Å². The molecule has 7 heteroatoms. The van der Waals surface area contributed by atoms with Crippen molar-refractivity contribution in [3.05, 3.63) is 59.7 Å². The molecule has 34 heavy (non-hydrogen) atoms. The molecule has 2 aromatic carbocycles. The largest absolute Gasteiger partial charge is 0.480 e. The van der Waals surface area contributed by atoms with Crippen LogP contribution in [-0.4, -0.2) is 41.3 Å². The lowest BCUT2D eigenvalue weighted by Crippen LogP contribution is -2.60. The number of rotatable bonds is 8. The Labute approximate surface area is 200 Å². The number of hydrogen-bond donors (Lipinski definition) is 3. The highest BCUT2D eigenvalue weighted by Gasteiger charge is 2.40. The third kappa shape index (κ3) is 5.24. The zero-order valence-corrected chi connectivity index (χ0v) is 20.5. The Hall–Kier alpha value is -3.35. The van der Waals surface area contributed by atoms with Gasteiger partial charge in [-0.1, -0.05) is 82.6 Å². The minimum absolute atomic E-state index is 0.0973. The van der Waals surface area contributed by atoms with Crippen LogP contribution in [0.4, 0.5) is 4.79 Å². The quantitative estimate of drug-likeness (QED) is 0.523. The number of benzene rings is 2. The number of hydrogen-bond acceptors (Lipinski definition) is 4. The number of carboxylic acids is 1. The second kappa shape index (κ2) is 9.87. The molecule has 0 fully saturated rings. The minimum atomic E-state index is -1.42. The van der Waals surface area contributed by atoms with Gasteiger partial charge in [0.1, 0.15) is 18.2 Å². The van der Waals surface area contributed by atoms with Gasteiger partial charge in [-0.05, 0) is 41.0 Å². The van der Waals surface area contributed by atoms with E-state index in [0.29, 0.717) is 6.42 Å². The number of alkyl carbamates (subject to hydrolysis) is 1. The number of carboxylic acid groups (broad SMARTS) is 1. The van der Waals surface area contributed by atoms with Gasteiger partial charge in [0.05, 0.1) is 0 Å². The lowest BCUT2D eigenvalue weighted by molar-refractivity contribution is -0.148. The standard InChI is InChI=1S/C27H34N2O5/c1-6-15-27(5,24(31)32)29-23(30)22(26(2,3)4)28-25(33)34-16-21-19-13-9-7-11-17(19)18-12-8-10-14-20(18)21/h7-14,21-22H,6,15-16H2,1-5H3,(H,28,33)(H,29,30)(H,31,32)/t22-,27?/m1/s1. The van der Waals surface area contributed by atoms with E-state index < -0.39 is 35.0 Å². The van der Waals surface area contributed by atoms with E-state index >= 15 is 0 Å². The first-order chi connectivity index (χ1) is 16.0. The van der Waals surface area contributed by atoms with Crippen molar-refractivity contribution in [2.24, 2.45) is 5.41 Å². The highest BCUT2D eigenvalue weighted by molar-refractivity contribution is 5.91. The van der Waals surface area contributed by atoms with Crippen LogP contribution >= 0.6 is 0 Å². The number of nitrogens with one attached hydrogen (secondary N) is 2. The van der Waals surface area contributed by atoms with Crippen molar-refractivity contribution in [1.29, 1.82) is 0 Å². The van der Waals surface area contributed by atoms with Gasteiger partial charge in [0, 0.05) is 5.92 Å². The smallest absolute Gasteiger partial charge is 0.407 e. The van der Waals surface area contributed by atoms with Gasteiger partial charge in [-0.25, -0.2) is 9.59 Å². The average molecular weight is 467 g/mol. The number of ether oxygens (including phenoxy) is 1. The van der Waals surface area contributed by atoms with Crippen molar-refractivity contribution in [3.63, 3.8) is 0 Å². The van der Waals surface area contributed by atoms with Gasteiger partial charge in [0.25, 0.3) is 0 Å². The molecule has 0 saturated heterocycles. The monoisotopic (exact) mass is 466 g/mol. The maximum absolute atomic E-state index is 13.1. The van der Waals surface area contributed by atoms with Gasteiger partial charge in [0.2, 0.25) is 5.91 Å². The van der Waals surface area contributed by atoms with Gasteiger partial charge in [-0.2, -0.15) is 0 Å². The molecule has 0 aromatic heterocycles. The number of fused-ring (bicyclic) bond motifs is 3. The Kier molecular flexibility index (Phi) is 7.34. The first-order valence-corrected chi connectivity index (χ1v) is 11.6. The van der Waals surface area contributed by atoms with Crippen LogP contribution in [0.3, 0.4) is 0 Å². The van der Waals surface area contributed by atoms with E-state index in [4.69, 9.17) is 4.74 Å². The van der Waals surface area contributed by atoms with Gasteiger partial charge in [-0.15, -0.1) is 0 Å². The van der Waals surface area contributed by atoms with E-state index in [0.717, 1.165) is 22.3 Å². The molecule has 3 N–H and O–H groups in total. The fourth-order valence-electron chi connectivity index (χ4n) is 4.50. The summed E-state index contributed by atoms with van der Waals surface area (Å²) >= 11 is 0. The van der Waals surface area contributed by atoms with Crippen molar-refractivity contribution >= 4 is 18.0 Å². The Morgan fingerprint density at radius 3 is 1.97 bits per heavy atom. The number of carbonyl (C=O) groups excluding carboxylic acids is 2. The molecular formula is C27H34N2O5. The first-order valence-electron chi connectivity index (χ1n) is 11.6. The van der Waals surface area contributed by atoms with Gasteiger partial charge in [0.15, 0.2) is 0 Å². The molecule has 0 saturated carbocycles.